The predicted molar refractivity (Wildman–Crippen MR) is 81.9 cm³/mol. The average molecular weight is 329 g/mol. The first kappa shape index (κ1) is 17.0. The lowest BCUT2D eigenvalue weighted by molar-refractivity contribution is 0.146. The molecule has 0 aliphatic rings. The number of para-hydroxylation sites is 1. The summed E-state index contributed by atoms with van der Waals surface area (Å²) >= 11 is 0. The van der Waals surface area contributed by atoms with Crippen molar-refractivity contribution in [2.24, 2.45) is 0 Å². The molecule has 2 rings (SSSR count). The number of hydrogen-bond donors (Lipinski definition) is 0. The number of pyridine rings is 1. The summed E-state index contributed by atoms with van der Waals surface area (Å²) in [6.07, 6.45) is -2.87. The van der Waals surface area contributed by atoms with E-state index in [9.17, 15) is 13.3 Å². The molecule has 0 amide bonds. The number of halogens is 2. The molecule has 0 radical (unpaired) electrons. The average Bonchev–Trinajstić information content (AvgIpc) is 2.47. The van der Waals surface area contributed by atoms with Crippen molar-refractivity contribution in [3.05, 3.63) is 35.5 Å². The maximum absolute atomic E-state index is 13.5. The quantitative estimate of drug-likeness (QED) is 0.738. The van der Waals surface area contributed by atoms with Gasteiger partial charge in [-0.05, 0) is 32.4 Å². The Kier molecular flexibility index (Phi) is 5.27. The third-order valence-corrected chi connectivity index (χ3v) is 5.53. The molecule has 1 aromatic heterocycles. The van der Waals surface area contributed by atoms with Gasteiger partial charge in [-0.25, -0.2) is 13.8 Å². The molecule has 0 aliphatic carbocycles. The lowest BCUT2D eigenvalue weighted by atomic mass is 10.1. The standard InChI is InChI=1S/C15H18F2NO3P/c1-4-20-22(19,21-5-2)14-10(3)11-8-6-7-9-12(11)18-13(14)15(16)17/h6-9,15H,4-5H2,1-3H3. The molecule has 7 heteroatoms. The predicted octanol–water partition coefficient (Wildman–Crippen LogP) is 4.37. The van der Waals surface area contributed by atoms with Gasteiger partial charge in [0.05, 0.1) is 24.0 Å². The summed E-state index contributed by atoms with van der Waals surface area (Å²) in [4.78, 5) is 3.98. The van der Waals surface area contributed by atoms with Crippen molar-refractivity contribution in [3.63, 3.8) is 0 Å². The monoisotopic (exact) mass is 329 g/mol. The molecule has 0 N–H and O–H groups in total. The first-order valence-electron chi connectivity index (χ1n) is 7.01. The fraction of sp³-hybridized carbons (Fsp3) is 0.400. The zero-order valence-electron chi connectivity index (χ0n) is 12.7. The summed E-state index contributed by atoms with van der Waals surface area (Å²) in [5, 5.41) is 0.534. The van der Waals surface area contributed by atoms with Gasteiger partial charge in [0.15, 0.2) is 0 Å². The number of hydrogen-bond acceptors (Lipinski definition) is 4. The second-order valence-corrected chi connectivity index (χ2v) is 6.58. The molecular formula is C15H18F2NO3P. The Labute approximate surface area is 128 Å². The van der Waals surface area contributed by atoms with Gasteiger partial charge in [-0.1, -0.05) is 18.2 Å². The van der Waals surface area contributed by atoms with Crippen LogP contribution in [0.4, 0.5) is 8.78 Å². The van der Waals surface area contributed by atoms with Gasteiger partial charge in [0.1, 0.15) is 5.69 Å². The Morgan fingerprint density at radius 3 is 2.32 bits per heavy atom. The Morgan fingerprint density at radius 2 is 1.77 bits per heavy atom. The van der Waals surface area contributed by atoms with Gasteiger partial charge < -0.3 is 9.05 Å². The van der Waals surface area contributed by atoms with Crippen molar-refractivity contribution >= 4 is 23.8 Å². The van der Waals surface area contributed by atoms with Crippen LogP contribution in [-0.4, -0.2) is 18.2 Å². The van der Waals surface area contributed by atoms with Gasteiger partial charge in [0, 0.05) is 5.39 Å². The van der Waals surface area contributed by atoms with E-state index in [1.807, 2.05) is 0 Å². The van der Waals surface area contributed by atoms with E-state index in [1.54, 1.807) is 45.0 Å². The zero-order chi connectivity index (χ0) is 16.3. The molecule has 1 aromatic carbocycles. The van der Waals surface area contributed by atoms with Crippen LogP contribution in [0, 0.1) is 6.92 Å². The van der Waals surface area contributed by atoms with Crippen molar-refractivity contribution in [3.8, 4) is 0 Å². The molecule has 4 nitrogen and oxygen atoms in total. The van der Waals surface area contributed by atoms with E-state index in [2.05, 4.69) is 4.98 Å². The first-order chi connectivity index (χ1) is 10.4. The molecule has 0 unspecified atom stereocenters. The highest BCUT2D eigenvalue weighted by molar-refractivity contribution is 7.62. The van der Waals surface area contributed by atoms with Crippen LogP contribution >= 0.6 is 7.60 Å². The van der Waals surface area contributed by atoms with Gasteiger partial charge in [0.25, 0.3) is 6.43 Å². The Balaban J connectivity index is 2.82. The molecular weight excluding hydrogens is 311 g/mol. The molecule has 0 fully saturated rings. The molecule has 22 heavy (non-hydrogen) atoms. The second kappa shape index (κ2) is 6.82. The van der Waals surface area contributed by atoms with Crippen LogP contribution in [0.1, 0.15) is 31.5 Å². The first-order valence-corrected chi connectivity index (χ1v) is 8.56. The van der Waals surface area contributed by atoms with Crippen molar-refractivity contribution in [2.75, 3.05) is 13.2 Å². The number of fused-ring (bicyclic) bond motifs is 1. The van der Waals surface area contributed by atoms with E-state index in [1.165, 1.54) is 0 Å². The van der Waals surface area contributed by atoms with E-state index in [4.69, 9.17) is 9.05 Å². The molecule has 120 valence electrons. The maximum Gasteiger partial charge on any atom is 0.363 e. The summed E-state index contributed by atoms with van der Waals surface area (Å²) in [5.41, 5.74) is 0.339. The number of rotatable bonds is 6. The second-order valence-electron chi connectivity index (χ2n) is 4.62. The van der Waals surface area contributed by atoms with Crippen molar-refractivity contribution in [1.82, 2.24) is 4.98 Å². The third kappa shape index (κ3) is 3.05. The molecule has 2 aromatic rings. The molecule has 0 aliphatic heterocycles. The Morgan fingerprint density at radius 1 is 1.18 bits per heavy atom. The highest BCUT2D eigenvalue weighted by Gasteiger charge is 2.36. The maximum atomic E-state index is 13.5. The van der Waals surface area contributed by atoms with Crippen LogP contribution in [0.25, 0.3) is 10.9 Å². The van der Waals surface area contributed by atoms with Crippen molar-refractivity contribution < 1.29 is 22.4 Å². The largest absolute Gasteiger partial charge is 0.363 e. The normalized spacial score (nSPS) is 12.3. The summed E-state index contributed by atoms with van der Waals surface area (Å²) in [5.74, 6) is 0. The van der Waals surface area contributed by atoms with Gasteiger partial charge in [-0.15, -0.1) is 0 Å². The van der Waals surface area contributed by atoms with Gasteiger partial charge in [-0.2, -0.15) is 0 Å². The van der Waals surface area contributed by atoms with Crippen molar-refractivity contribution in [1.29, 1.82) is 0 Å². The lowest BCUT2D eigenvalue weighted by Crippen LogP contribution is -2.21. The van der Waals surface area contributed by atoms with Crippen LogP contribution < -0.4 is 5.30 Å². The third-order valence-electron chi connectivity index (χ3n) is 3.23. The van der Waals surface area contributed by atoms with Crippen molar-refractivity contribution in [2.45, 2.75) is 27.2 Å². The minimum atomic E-state index is -3.85. The molecule has 0 saturated heterocycles. The highest BCUT2D eigenvalue weighted by Crippen LogP contribution is 2.50. The van der Waals surface area contributed by atoms with Crippen LogP contribution in [0.5, 0.6) is 0 Å². The fourth-order valence-corrected chi connectivity index (χ4v) is 4.37. The molecule has 0 spiro atoms. The molecule has 1 heterocycles. The topological polar surface area (TPSA) is 48.4 Å². The number of aryl methyl sites for hydroxylation is 1. The minimum Gasteiger partial charge on any atom is -0.305 e. The highest BCUT2D eigenvalue weighted by atomic mass is 31.2. The molecule has 0 bridgehead atoms. The zero-order valence-corrected chi connectivity index (χ0v) is 13.6. The van der Waals surface area contributed by atoms with Crippen LogP contribution in [-0.2, 0) is 13.6 Å². The van der Waals surface area contributed by atoms with Crippen LogP contribution in [0.15, 0.2) is 24.3 Å². The summed E-state index contributed by atoms with van der Waals surface area (Å²) in [6.45, 7) is 5.09. The Bertz CT molecular complexity index is 711. The summed E-state index contributed by atoms with van der Waals surface area (Å²) in [7, 11) is -3.85. The fourth-order valence-electron chi connectivity index (χ4n) is 2.39. The molecule has 0 saturated carbocycles. The van der Waals surface area contributed by atoms with Crippen LogP contribution in [0.2, 0.25) is 0 Å². The van der Waals surface area contributed by atoms with E-state index < -0.39 is 19.7 Å². The summed E-state index contributed by atoms with van der Waals surface area (Å²) < 4.78 is 50.4. The van der Waals surface area contributed by atoms with E-state index in [0.29, 0.717) is 16.5 Å². The van der Waals surface area contributed by atoms with E-state index in [0.717, 1.165) is 0 Å². The number of benzene rings is 1. The van der Waals surface area contributed by atoms with E-state index >= 15 is 0 Å². The number of nitrogens with zero attached hydrogens (tertiary/aromatic N) is 1. The number of alkyl halides is 2. The van der Waals surface area contributed by atoms with Gasteiger partial charge >= 0.3 is 7.60 Å². The SMILES string of the molecule is CCOP(=O)(OCC)c1c(C(F)F)nc2ccccc2c1C. The van der Waals surface area contributed by atoms with Gasteiger partial charge in [0.2, 0.25) is 0 Å². The number of aromatic nitrogens is 1. The Hall–Kier alpha value is -1.36. The summed E-state index contributed by atoms with van der Waals surface area (Å²) in [6, 6.07) is 6.88. The van der Waals surface area contributed by atoms with E-state index in [-0.39, 0.29) is 18.5 Å². The van der Waals surface area contributed by atoms with Gasteiger partial charge in [-0.3, -0.25) is 4.57 Å². The smallest absolute Gasteiger partial charge is 0.305 e. The minimum absolute atomic E-state index is 0.0895. The van der Waals surface area contributed by atoms with Crippen LogP contribution in [0.3, 0.4) is 0 Å². The molecule has 0 atom stereocenters. The lowest BCUT2D eigenvalue weighted by Gasteiger charge is -2.22.